The first kappa shape index (κ1) is 26.9. The number of likely N-dealkylation sites (N-methyl/N-ethyl adjacent to an activating group) is 1. The second kappa shape index (κ2) is 11.8. The van der Waals surface area contributed by atoms with E-state index in [9.17, 15) is 22.4 Å². The number of rotatable bonds is 10. The standard InChI is InChI=1S/C27H30FN3O4S/c1-4-29-27(33)21(3)30(18-22-12-10-20(2)11-13-22)26(32)19-31(24-8-6-5-7-9-24)36(34,35)25-16-14-23(28)15-17-25/h5-17,21H,4,18-19H2,1-3H3,(H,29,33). The number of carbonyl (C=O) groups excluding carboxylic acids is 2. The Kier molecular flexibility index (Phi) is 8.82. The van der Waals surface area contributed by atoms with Crippen LogP contribution in [0.1, 0.15) is 25.0 Å². The van der Waals surface area contributed by atoms with Gasteiger partial charge in [0.15, 0.2) is 0 Å². The number of halogens is 1. The summed E-state index contributed by atoms with van der Waals surface area (Å²) in [4.78, 5) is 27.5. The molecule has 0 heterocycles. The van der Waals surface area contributed by atoms with Crippen LogP contribution in [0.5, 0.6) is 0 Å². The minimum absolute atomic E-state index is 0.122. The molecule has 0 spiro atoms. The Morgan fingerprint density at radius 2 is 1.56 bits per heavy atom. The van der Waals surface area contributed by atoms with Crippen LogP contribution in [0.2, 0.25) is 0 Å². The first-order valence-corrected chi connectivity index (χ1v) is 13.0. The number of hydrogen-bond donors (Lipinski definition) is 1. The molecule has 36 heavy (non-hydrogen) atoms. The molecule has 190 valence electrons. The lowest BCUT2D eigenvalue weighted by atomic mass is 10.1. The number of anilines is 1. The smallest absolute Gasteiger partial charge is 0.264 e. The highest BCUT2D eigenvalue weighted by atomic mass is 32.2. The van der Waals surface area contributed by atoms with Crippen LogP contribution in [0.15, 0.2) is 83.8 Å². The number of nitrogens with one attached hydrogen (secondary N) is 1. The molecule has 1 atom stereocenters. The summed E-state index contributed by atoms with van der Waals surface area (Å²) >= 11 is 0. The summed E-state index contributed by atoms with van der Waals surface area (Å²) < 4.78 is 41.6. The molecule has 0 aliphatic heterocycles. The Labute approximate surface area is 211 Å². The third kappa shape index (κ3) is 6.48. The highest BCUT2D eigenvalue weighted by Crippen LogP contribution is 2.24. The minimum atomic E-state index is -4.22. The van der Waals surface area contributed by atoms with Crippen LogP contribution in [0.4, 0.5) is 10.1 Å². The van der Waals surface area contributed by atoms with Gasteiger partial charge in [-0.3, -0.25) is 13.9 Å². The fraction of sp³-hybridized carbons (Fsp3) is 0.259. The van der Waals surface area contributed by atoms with Crippen molar-refractivity contribution in [1.82, 2.24) is 10.2 Å². The zero-order valence-electron chi connectivity index (χ0n) is 20.5. The van der Waals surface area contributed by atoms with Crippen LogP contribution < -0.4 is 9.62 Å². The highest BCUT2D eigenvalue weighted by Gasteiger charge is 2.32. The number of aryl methyl sites for hydroxylation is 1. The molecule has 2 amide bonds. The summed E-state index contributed by atoms with van der Waals surface area (Å²) in [5, 5.41) is 2.72. The molecule has 3 aromatic rings. The number of benzene rings is 3. The summed E-state index contributed by atoms with van der Waals surface area (Å²) in [7, 11) is -4.22. The van der Waals surface area contributed by atoms with Gasteiger partial charge in [0, 0.05) is 13.1 Å². The molecule has 0 aliphatic rings. The molecule has 0 bridgehead atoms. The number of hydrogen-bond acceptors (Lipinski definition) is 4. The summed E-state index contributed by atoms with van der Waals surface area (Å²) in [6.07, 6.45) is 0. The molecule has 0 aromatic heterocycles. The van der Waals surface area contributed by atoms with Crippen LogP contribution in [-0.4, -0.2) is 44.3 Å². The second-order valence-electron chi connectivity index (χ2n) is 8.38. The van der Waals surface area contributed by atoms with Crippen molar-refractivity contribution in [2.75, 3.05) is 17.4 Å². The van der Waals surface area contributed by atoms with Gasteiger partial charge in [0.2, 0.25) is 11.8 Å². The number of amides is 2. The molecule has 0 saturated carbocycles. The first-order valence-electron chi connectivity index (χ1n) is 11.6. The quantitative estimate of drug-likeness (QED) is 0.448. The van der Waals surface area contributed by atoms with Gasteiger partial charge in [-0.15, -0.1) is 0 Å². The van der Waals surface area contributed by atoms with E-state index in [1.807, 2.05) is 31.2 Å². The summed E-state index contributed by atoms with van der Waals surface area (Å²) in [6, 6.07) is 19.3. The highest BCUT2D eigenvalue weighted by molar-refractivity contribution is 7.92. The van der Waals surface area contributed by atoms with Gasteiger partial charge in [-0.05, 0) is 62.7 Å². The van der Waals surface area contributed by atoms with Crippen LogP contribution in [0.3, 0.4) is 0 Å². The van der Waals surface area contributed by atoms with E-state index in [2.05, 4.69) is 5.32 Å². The number of carbonyl (C=O) groups is 2. The lowest BCUT2D eigenvalue weighted by molar-refractivity contribution is -0.139. The lowest BCUT2D eigenvalue weighted by Gasteiger charge is -2.32. The maximum Gasteiger partial charge on any atom is 0.264 e. The van der Waals surface area contributed by atoms with Crippen molar-refractivity contribution in [3.63, 3.8) is 0 Å². The van der Waals surface area contributed by atoms with Crippen LogP contribution in [-0.2, 0) is 26.2 Å². The van der Waals surface area contributed by atoms with Gasteiger partial charge in [-0.25, -0.2) is 12.8 Å². The Hall–Kier alpha value is -3.72. The second-order valence-corrected chi connectivity index (χ2v) is 10.2. The molecule has 3 aromatic carbocycles. The van der Waals surface area contributed by atoms with E-state index < -0.39 is 34.3 Å². The third-order valence-corrected chi connectivity index (χ3v) is 7.50. The van der Waals surface area contributed by atoms with E-state index in [-0.39, 0.29) is 23.0 Å². The minimum Gasteiger partial charge on any atom is -0.355 e. The van der Waals surface area contributed by atoms with Crippen molar-refractivity contribution >= 4 is 27.5 Å². The molecular weight excluding hydrogens is 481 g/mol. The van der Waals surface area contributed by atoms with Gasteiger partial charge in [-0.2, -0.15) is 0 Å². The van der Waals surface area contributed by atoms with E-state index in [0.29, 0.717) is 6.54 Å². The topological polar surface area (TPSA) is 86.8 Å². The fourth-order valence-corrected chi connectivity index (χ4v) is 5.07. The van der Waals surface area contributed by atoms with Crippen LogP contribution in [0, 0.1) is 12.7 Å². The average molecular weight is 512 g/mol. The van der Waals surface area contributed by atoms with E-state index >= 15 is 0 Å². The Bertz CT molecular complexity index is 1280. The van der Waals surface area contributed by atoms with E-state index in [1.165, 1.54) is 4.90 Å². The maximum absolute atomic E-state index is 13.7. The molecular formula is C27H30FN3O4S. The van der Waals surface area contributed by atoms with Gasteiger partial charge < -0.3 is 10.2 Å². The summed E-state index contributed by atoms with van der Waals surface area (Å²) in [5.74, 6) is -1.47. The normalized spacial score (nSPS) is 12.0. The number of para-hydroxylation sites is 1. The average Bonchev–Trinajstić information content (AvgIpc) is 2.87. The zero-order valence-corrected chi connectivity index (χ0v) is 21.3. The van der Waals surface area contributed by atoms with Crippen LogP contribution in [0.25, 0.3) is 0 Å². The zero-order chi connectivity index (χ0) is 26.3. The van der Waals surface area contributed by atoms with Crippen molar-refractivity contribution < 1.29 is 22.4 Å². The molecule has 9 heteroatoms. The van der Waals surface area contributed by atoms with Gasteiger partial charge in [0.05, 0.1) is 10.6 Å². The molecule has 7 nitrogen and oxygen atoms in total. The number of nitrogens with zero attached hydrogens (tertiary/aromatic N) is 2. The largest absolute Gasteiger partial charge is 0.355 e. The Balaban J connectivity index is 1.99. The van der Waals surface area contributed by atoms with Crippen molar-refractivity contribution in [2.45, 2.75) is 38.3 Å². The Morgan fingerprint density at radius 3 is 2.14 bits per heavy atom. The van der Waals surface area contributed by atoms with Gasteiger partial charge in [0.25, 0.3) is 10.0 Å². The van der Waals surface area contributed by atoms with E-state index in [0.717, 1.165) is 39.7 Å². The molecule has 0 saturated heterocycles. The predicted octanol–water partition coefficient (Wildman–Crippen LogP) is 3.88. The van der Waals surface area contributed by atoms with Crippen molar-refractivity contribution in [3.8, 4) is 0 Å². The molecule has 1 unspecified atom stereocenters. The number of sulfonamides is 1. The van der Waals surface area contributed by atoms with Crippen LogP contribution >= 0.6 is 0 Å². The predicted molar refractivity (Wildman–Crippen MR) is 137 cm³/mol. The van der Waals surface area contributed by atoms with Gasteiger partial charge in [-0.1, -0.05) is 48.0 Å². The lowest BCUT2D eigenvalue weighted by Crippen LogP contribution is -2.51. The monoisotopic (exact) mass is 511 g/mol. The fourth-order valence-electron chi connectivity index (χ4n) is 3.65. The summed E-state index contributed by atoms with van der Waals surface area (Å²) in [6.45, 7) is 5.31. The van der Waals surface area contributed by atoms with E-state index in [4.69, 9.17) is 0 Å². The van der Waals surface area contributed by atoms with E-state index in [1.54, 1.807) is 44.2 Å². The Morgan fingerprint density at radius 1 is 0.944 bits per heavy atom. The molecule has 0 aliphatic carbocycles. The van der Waals surface area contributed by atoms with Crippen molar-refractivity contribution in [3.05, 3.63) is 95.8 Å². The molecule has 3 rings (SSSR count). The van der Waals surface area contributed by atoms with Crippen molar-refractivity contribution in [1.29, 1.82) is 0 Å². The maximum atomic E-state index is 13.7. The van der Waals surface area contributed by atoms with Crippen molar-refractivity contribution in [2.24, 2.45) is 0 Å². The van der Waals surface area contributed by atoms with Gasteiger partial charge in [0.1, 0.15) is 18.4 Å². The molecule has 0 radical (unpaired) electrons. The molecule has 0 fully saturated rings. The third-order valence-electron chi connectivity index (χ3n) is 5.72. The molecule has 1 N–H and O–H groups in total. The summed E-state index contributed by atoms with van der Waals surface area (Å²) in [5.41, 5.74) is 2.13. The van der Waals surface area contributed by atoms with Gasteiger partial charge >= 0.3 is 0 Å². The first-order chi connectivity index (χ1) is 17.1. The SMILES string of the molecule is CCNC(=O)C(C)N(Cc1ccc(C)cc1)C(=O)CN(c1ccccc1)S(=O)(=O)c1ccc(F)cc1.